The van der Waals surface area contributed by atoms with E-state index in [-0.39, 0.29) is 33.4 Å². The first-order valence-corrected chi connectivity index (χ1v) is 11.1. The number of fused-ring (bicyclic) bond motifs is 1. The number of primary amides is 1. The number of thiophene rings is 1. The fourth-order valence-electron chi connectivity index (χ4n) is 3.19. The molecule has 4 rings (SSSR count). The van der Waals surface area contributed by atoms with Crippen LogP contribution in [0.5, 0.6) is 0 Å². The molecule has 1 aromatic heterocycles. The zero-order valence-electron chi connectivity index (χ0n) is 15.5. The molecule has 30 heavy (non-hydrogen) atoms. The zero-order chi connectivity index (χ0) is 21.5. The molecule has 0 bridgehead atoms. The first kappa shape index (κ1) is 20.2. The molecule has 0 spiro atoms. The number of amides is 2. The van der Waals surface area contributed by atoms with Gasteiger partial charge in [-0.05, 0) is 29.3 Å². The summed E-state index contributed by atoms with van der Waals surface area (Å²) in [7, 11) is -3.93. The van der Waals surface area contributed by atoms with E-state index in [0.717, 1.165) is 23.3 Å². The second kappa shape index (κ2) is 7.63. The lowest BCUT2D eigenvalue weighted by atomic mass is 10.1. The molecule has 0 saturated heterocycles. The summed E-state index contributed by atoms with van der Waals surface area (Å²) in [5, 5.41) is 2.36. The minimum atomic E-state index is -3.93. The number of nitrogens with zero attached hydrogens (tertiary/aromatic N) is 1. The third-order valence-corrected chi connectivity index (χ3v) is 8.02. The van der Waals surface area contributed by atoms with Crippen LogP contribution in [0, 0.1) is 5.82 Å². The Balaban J connectivity index is 1.65. The van der Waals surface area contributed by atoms with Crippen molar-refractivity contribution in [2.45, 2.75) is 17.3 Å². The van der Waals surface area contributed by atoms with Crippen molar-refractivity contribution < 1.29 is 22.4 Å². The molecule has 0 fully saturated rings. The Morgan fingerprint density at radius 1 is 1.00 bits per heavy atom. The van der Waals surface area contributed by atoms with E-state index in [2.05, 4.69) is 5.32 Å². The van der Waals surface area contributed by atoms with Crippen molar-refractivity contribution in [2.75, 3.05) is 5.32 Å². The van der Waals surface area contributed by atoms with Gasteiger partial charge in [-0.1, -0.05) is 36.4 Å². The fraction of sp³-hybridized carbons (Fsp3) is 0.100. The molecule has 154 valence electrons. The smallest absolute Gasteiger partial charge is 0.259 e. The van der Waals surface area contributed by atoms with Crippen molar-refractivity contribution in [3.63, 3.8) is 0 Å². The minimum absolute atomic E-state index is 0.0500. The number of rotatable bonds is 5. The molecule has 0 saturated carbocycles. The summed E-state index contributed by atoms with van der Waals surface area (Å²) in [5.74, 6) is -2.45. The largest absolute Gasteiger partial charge is 0.366 e. The lowest BCUT2D eigenvalue weighted by Gasteiger charge is -2.13. The van der Waals surface area contributed by atoms with Crippen LogP contribution in [0.2, 0.25) is 0 Å². The standard InChI is InChI=1S/C20H16FN3O4S2/c21-16-8-4-3-7-14(16)19(26)23-20-15(18(22)25)9-17(29-20)30(27,28)24-10-12-5-1-2-6-13(12)11-24/h1-9H,10-11H2,(H2,22,25)(H,23,26). The number of carbonyl (C=O) groups is 2. The summed E-state index contributed by atoms with van der Waals surface area (Å²) in [4.78, 5) is 24.3. The predicted molar refractivity (Wildman–Crippen MR) is 110 cm³/mol. The highest BCUT2D eigenvalue weighted by atomic mass is 32.2. The molecule has 3 N–H and O–H groups in total. The van der Waals surface area contributed by atoms with Gasteiger partial charge < -0.3 is 11.1 Å². The van der Waals surface area contributed by atoms with E-state index in [0.29, 0.717) is 11.3 Å². The summed E-state index contributed by atoms with van der Waals surface area (Å²) in [6.07, 6.45) is 0. The molecule has 2 aromatic carbocycles. The van der Waals surface area contributed by atoms with Crippen LogP contribution in [0.1, 0.15) is 31.8 Å². The normalized spacial score (nSPS) is 13.8. The van der Waals surface area contributed by atoms with Gasteiger partial charge in [0.25, 0.3) is 21.8 Å². The van der Waals surface area contributed by atoms with Crippen molar-refractivity contribution >= 4 is 38.2 Å². The SMILES string of the molecule is NC(=O)c1cc(S(=O)(=O)N2Cc3ccccc3C2)sc1NC(=O)c1ccccc1F. The Labute approximate surface area is 176 Å². The monoisotopic (exact) mass is 445 g/mol. The number of benzene rings is 2. The number of nitrogens with one attached hydrogen (secondary N) is 1. The van der Waals surface area contributed by atoms with Crippen LogP contribution in [0.3, 0.4) is 0 Å². The van der Waals surface area contributed by atoms with Gasteiger partial charge in [-0.3, -0.25) is 9.59 Å². The summed E-state index contributed by atoms with van der Waals surface area (Å²) >= 11 is 0.704. The van der Waals surface area contributed by atoms with Gasteiger partial charge >= 0.3 is 0 Å². The second-order valence-electron chi connectivity index (χ2n) is 6.65. The van der Waals surface area contributed by atoms with Crippen molar-refractivity contribution in [3.8, 4) is 0 Å². The Kier molecular flexibility index (Phi) is 5.14. The Hall–Kier alpha value is -3.08. The molecule has 1 aliphatic heterocycles. The van der Waals surface area contributed by atoms with Crippen LogP contribution in [0.15, 0.2) is 58.8 Å². The number of hydrogen-bond acceptors (Lipinski definition) is 5. The quantitative estimate of drug-likeness (QED) is 0.629. The first-order chi connectivity index (χ1) is 14.3. The summed E-state index contributed by atoms with van der Waals surface area (Å²) in [5.41, 5.74) is 6.79. The summed E-state index contributed by atoms with van der Waals surface area (Å²) < 4.78 is 41.3. The zero-order valence-corrected chi connectivity index (χ0v) is 17.1. The third-order valence-electron chi connectivity index (χ3n) is 4.73. The maximum Gasteiger partial charge on any atom is 0.259 e. The number of nitrogens with two attached hydrogens (primary N) is 1. The minimum Gasteiger partial charge on any atom is -0.366 e. The molecule has 1 aliphatic rings. The van der Waals surface area contributed by atoms with Gasteiger partial charge in [0.05, 0.1) is 11.1 Å². The van der Waals surface area contributed by atoms with E-state index >= 15 is 0 Å². The van der Waals surface area contributed by atoms with Gasteiger partial charge in [0.1, 0.15) is 15.0 Å². The molecule has 10 heteroatoms. The van der Waals surface area contributed by atoms with E-state index < -0.39 is 27.7 Å². The Bertz CT molecular complexity index is 1250. The van der Waals surface area contributed by atoms with E-state index in [1.165, 1.54) is 22.5 Å². The molecule has 0 aliphatic carbocycles. The third kappa shape index (κ3) is 3.60. The lowest BCUT2D eigenvalue weighted by Crippen LogP contribution is -2.25. The van der Waals surface area contributed by atoms with Crippen LogP contribution >= 0.6 is 11.3 Å². The molecule has 0 radical (unpaired) electrons. The number of hydrogen-bond donors (Lipinski definition) is 2. The van der Waals surface area contributed by atoms with Crippen LogP contribution in [-0.4, -0.2) is 24.5 Å². The Morgan fingerprint density at radius 2 is 1.60 bits per heavy atom. The van der Waals surface area contributed by atoms with Gasteiger partial charge in [0, 0.05) is 13.1 Å². The maximum atomic E-state index is 13.9. The molecule has 3 aromatic rings. The van der Waals surface area contributed by atoms with Crippen LogP contribution < -0.4 is 11.1 Å². The lowest BCUT2D eigenvalue weighted by molar-refractivity contribution is 0.100. The topological polar surface area (TPSA) is 110 Å². The molecule has 0 unspecified atom stereocenters. The van der Waals surface area contributed by atoms with Gasteiger partial charge in [-0.25, -0.2) is 12.8 Å². The molecule has 2 amide bonds. The van der Waals surface area contributed by atoms with Gasteiger partial charge in [-0.15, -0.1) is 11.3 Å². The van der Waals surface area contributed by atoms with E-state index in [4.69, 9.17) is 5.73 Å². The van der Waals surface area contributed by atoms with Gasteiger partial charge in [-0.2, -0.15) is 4.31 Å². The van der Waals surface area contributed by atoms with E-state index in [1.54, 1.807) is 0 Å². The van der Waals surface area contributed by atoms with E-state index in [9.17, 15) is 22.4 Å². The second-order valence-corrected chi connectivity index (χ2v) is 9.87. The van der Waals surface area contributed by atoms with Crippen LogP contribution in [-0.2, 0) is 23.1 Å². The number of anilines is 1. The predicted octanol–water partition coefficient (Wildman–Crippen LogP) is 2.94. The highest BCUT2D eigenvalue weighted by molar-refractivity contribution is 7.91. The van der Waals surface area contributed by atoms with Gasteiger partial charge in [0.15, 0.2) is 0 Å². The number of carbonyl (C=O) groups excluding carboxylic acids is 2. The average Bonchev–Trinajstić information content (AvgIpc) is 3.33. The maximum absolute atomic E-state index is 13.9. The number of halogens is 1. The van der Waals surface area contributed by atoms with Crippen LogP contribution in [0.4, 0.5) is 9.39 Å². The van der Waals surface area contributed by atoms with Crippen molar-refractivity contribution in [2.24, 2.45) is 5.73 Å². The molecular formula is C20H16FN3O4S2. The van der Waals surface area contributed by atoms with Gasteiger partial charge in [0.2, 0.25) is 0 Å². The molecular weight excluding hydrogens is 429 g/mol. The Morgan fingerprint density at radius 3 is 2.20 bits per heavy atom. The summed E-state index contributed by atoms with van der Waals surface area (Å²) in [6.45, 7) is 0.415. The molecule has 0 atom stereocenters. The van der Waals surface area contributed by atoms with E-state index in [1.807, 2.05) is 24.3 Å². The molecule has 2 heterocycles. The van der Waals surface area contributed by atoms with Crippen LogP contribution in [0.25, 0.3) is 0 Å². The van der Waals surface area contributed by atoms with Crippen molar-refractivity contribution in [3.05, 3.63) is 82.7 Å². The number of sulfonamides is 1. The van der Waals surface area contributed by atoms with Crippen molar-refractivity contribution in [1.82, 2.24) is 4.31 Å². The van der Waals surface area contributed by atoms with Crippen molar-refractivity contribution in [1.29, 1.82) is 0 Å². The summed E-state index contributed by atoms with van der Waals surface area (Å²) in [6, 6.07) is 13.8. The molecule has 7 nitrogen and oxygen atoms in total. The average molecular weight is 445 g/mol. The fourth-order valence-corrected chi connectivity index (χ4v) is 6.10. The first-order valence-electron chi connectivity index (χ1n) is 8.84. The highest BCUT2D eigenvalue weighted by Gasteiger charge is 2.33. The highest BCUT2D eigenvalue weighted by Crippen LogP contribution is 2.36.